The molecule has 0 atom stereocenters. The number of allylic oxidation sites excluding steroid dienone is 4. The van der Waals surface area contributed by atoms with Crippen LogP contribution in [0.15, 0.2) is 107 Å². The fourth-order valence-electron chi connectivity index (χ4n) is 4.44. The summed E-state index contributed by atoms with van der Waals surface area (Å²) in [5.41, 5.74) is 8.07. The molecule has 0 aliphatic heterocycles. The molecule has 2 heteroatoms. The number of nitrogens with zero attached hydrogens (tertiary/aromatic N) is 1. The van der Waals surface area contributed by atoms with E-state index < -0.39 is 0 Å². The van der Waals surface area contributed by atoms with Gasteiger partial charge in [-0.2, -0.15) is 0 Å². The zero-order valence-corrected chi connectivity index (χ0v) is 22.4. The van der Waals surface area contributed by atoms with E-state index in [9.17, 15) is 4.79 Å². The molecule has 2 nitrogen and oxygen atoms in total. The number of rotatable bonds is 6. The van der Waals surface area contributed by atoms with Gasteiger partial charge in [-0.15, -0.1) is 0 Å². The average Bonchev–Trinajstić information content (AvgIpc) is 3.33. The first-order chi connectivity index (χ1) is 17.0. The lowest BCUT2D eigenvalue weighted by molar-refractivity contribution is 0.103. The van der Waals surface area contributed by atoms with Crippen molar-refractivity contribution in [3.63, 3.8) is 0 Å². The third kappa shape index (κ3) is 5.82. The summed E-state index contributed by atoms with van der Waals surface area (Å²) < 4.78 is 0. The van der Waals surface area contributed by atoms with Crippen molar-refractivity contribution < 1.29 is 4.79 Å². The molecular formula is C34H37NO. The van der Waals surface area contributed by atoms with E-state index in [1.165, 1.54) is 11.1 Å². The summed E-state index contributed by atoms with van der Waals surface area (Å²) in [7, 11) is 0. The summed E-state index contributed by atoms with van der Waals surface area (Å²) in [5, 5.41) is 0. The first-order valence-corrected chi connectivity index (χ1v) is 12.8. The molecule has 0 N–H and O–H groups in total. The zero-order valence-electron chi connectivity index (χ0n) is 22.4. The van der Waals surface area contributed by atoms with Gasteiger partial charge in [-0.05, 0) is 33.9 Å². The second-order valence-electron chi connectivity index (χ2n) is 11.6. The number of benzene rings is 3. The van der Waals surface area contributed by atoms with Gasteiger partial charge in [0.25, 0.3) is 0 Å². The zero-order chi connectivity index (χ0) is 25.9. The van der Waals surface area contributed by atoms with Gasteiger partial charge in [0.05, 0.1) is 12.3 Å². The molecule has 0 amide bonds. The molecule has 0 saturated heterocycles. The highest BCUT2D eigenvalue weighted by Gasteiger charge is 2.25. The van der Waals surface area contributed by atoms with Crippen LogP contribution in [0.5, 0.6) is 0 Å². The maximum atomic E-state index is 13.6. The van der Waals surface area contributed by atoms with E-state index >= 15 is 0 Å². The largest absolute Gasteiger partial charge is 0.289 e. The summed E-state index contributed by atoms with van der Waals surface area (Å²) in [4.78, 5) is 18.7. The fourth-order valence-corrected chi connectivity index (χ4v) is 4.44. The first-order valence-electron chi connectivity index (χ1n) is 12.8. The number of aliphatic imine (C=N–C) groups is 1. The van der Waals surface area contributed by atoms with Crippen molar-refractivity contribution in [1.82, 2.24) is 0 Å². The van der Waals surface area contributed by atoms with E-state index in [4.69, 9.17) is 4.99 Å². The van der Waals surface area contributed by atoms with Gasteiger partial charge in [0.1, 0.15) is 0 Å². The van der Waals surface area contributed by atoms with Crippen molar-refractivity contribution in [2.24, 2.45) is 4.99 Å². The van der Waals surface area contributed by atoms with Crippen LogP contribution in [0.2, 0.25) is 0 Å². The van der Waals surface area contributed by atoms with Crippen molar-refractivity contribution in [1.29, 1.82) is 0 Å². The molecule has 0 heterocycles. The number of carbonyl (C=O) groups is 1. The van der Waals surface area contributed by atoms with Crippen LogP contribution in [0.25, 0.3) is 0 Å². The summed E-state index contributed by atoms with van der Waals surface area (Å²) in [6.45, 7) is 13.8. The third-order valence-corrected chi connectivity index (χ3v) is 6.73. The molecule has 0 radical (unpaired) electrons. The van der Waals surface area contributed by atoms with Gasteiger partial charge in [0, 0.05) is 22.3 Å². The summed E-state index contributed by atoms with van der Waals surface area (Å²) >= 11 is 0. The topological polar surface area (TPSA) is 29.4 Å². The lowest BCUT2D eigenvalue weighted by atomic mass is 9.85. The minimum atomic E-state index is 0.0513. The number of hydrogen-bond donors (Lipinski definition) is 0. The summed E-state index contributed by atoms with van der Waals surface area (Å²) in [6.07, 6.45) is 4.91. The molecule has 3 aromatic rings. The Morgan fingerprint density at radius 1 is 0.667 bits per heavy atom. The predicted octanol–water partition coefficient (Wildman–Crippen LogP) is 8.41. The van der Waals surface area contributed by atoms with Crippen LogP contribution in [-0.4, -0.2) is 11.5 Å². The minimum absolute atomic E-state index is 0.0513. The predicted molar refractivity (Wildman–Crippen MR) is 152 cm³/mol. The quantitative estimate of drug-likeness (QED) is 0.260. The molecule has 0 saturated carbocycles. The standard InChI is InChI=1S/C34H37NO/c1-33(2,3)27-19-15-25(16-20-27)31(35-23-24-11-8-7-9-12-24)29-13-10-14-30(29)32(36)26-17-21-28(22-18-26)34(4,5)6/h7-9,11-22H,10,23H2,1-6H3. The van der Waals surface area contributed by atoms with Gasteiger partial charge in [-0.1, -0.05) is 133 Å². The Morgan fingerprint density at radius 3 is 1.69 bits per heavy atom. The highest BCUT2D eigenvalue weighted by atomic mass is 16.1. The molecule has 3 aromatic carbocycles. The lowest BCUT2D eigenvalue weighted by Gasteiger charge is -2.20. The van der Waals surface area contributed by atoms with E-state index in [2.05, 4.69) is 96.1 Å². The fraction of sp³-hybridized carbons (Fsp3) is 0.294. The Balaban J connectivity index is 1.69. The first kappa shape index (κ1) is 25.6. The van der Waals surface area contributed by atoms with Crippen LogP contribution in [0.3, 0.4) is 0 Å². The van der Waals surface area contributed by atoms with E-state index in [0.717, 1.165) is 34.4 Å². The van der Waals surface area contributed by atoms with Gasteiger partial charge < -0.3 is 0 Å². The maximum absolute atomic E-state index is 13.6. The number of carbonyl (C=O) groups excluding carboxylic acids is 1. The maximum Gasteiger partial charge on any atom is 0.193 e. The van der Waals surface area contributed by atoms with Gasteiger partial charge >= 0.3 is 0 Å². The van der Waals surface area contributed by atoms with Gasteiger partial charge in [-0.3, -0.25) is 9.79 Å². The summed E-state index contributed by atoms with van der Waals surface area (Å²) in [5.74, 6) is 0.0536. The Bertz CT molecular complexity index is 1310. The Hall–Kier alpha value is -3.52. The average molecular weight is 476 g/mol. The Morgan fingerprint density at radius 2 is 1.17 bits per heavy atom. The monoisotopic (exact) mass is 475 g/mol. The van der Waals surface area contributed by atoms with Crippen LogP contribution in [0.1, 0.15) is 80.6 Å². The SMILES string of the molecule is CC(C)(C)c1ccc(C(=O)C2=CCC=C2C(=NCc2ccccc2)c2ccc(C(C)(C)C)cc2)cc1. The molecule has 4 rings (SSSR count). The molecule has 0 fully saturated rings. The molecule has 1 aliphatic rings. The second-order valence-corrected chi connectivity index (χ2v) is 11.6. The van der Waals surface area contributed by atoms with E-state index in [1.54, 1.807) is 0 Å². The molecule has 0 aromatic heterocycles. The van der Waals surface area contributed by atoms with Crippen LogP contribution >= 0.6 is 0 Å². The van der Waals surface area contributed by atoms with Crippen molar-refractivity contribution >= 4 is 11.5 Å². The Labute approximate surface area is 216 Å². The second kappa shape index (κ2) is 10.2. The van der Waals surface area contributed by atoms with Gasteiger partial charge in [-0.25, -0.2) is 0 Å². The van der Waals surface area contributed by atoms with Crippen molar-refractivity contribution in [2.75, 3.05) is 0 Å². The lowest BCUT2D eigenvalue weighted by Crippen LogP contribution is -2.15. The molecule has 0 spiro atoms. The smallest absolute Gasteiger partial charge is 0.193 e. The molecule has 184 valence electrons. The van der Waals surface area contributed by atoms with Crippen LogP contribution in [-0.2, 0) is 17.4 Å². The van der Waals surface area contributed by atoms with E-state index in [0.29, 0.717) is 12.1 Å². The Kier molecular flexibility index (Phi) is 7.26. The van der Waals surface area contributed by atoms with Gasteiger partial charge in [0.15, 0.2) is 5.78 Å². The summed E-state index contributed by atoms with van der Waals surface area (Å²) in [6, 6.07) is 27.0. The minimum Gasteiger partial charge on any atom is -0.289 e. The molecule has 36 heavy (non-hydrogen) atoms. The van der Waals surface area contributed by atoms with Crippen LogP contribution in [0.4, 0.5) is 0 Å². The number of Topliss-reactive ketones (excluding diaryl/α,β-unsaturated/α-hetero) is 1. The van der Waals surface area contributed by atoms with E-state index in [-0.39, 0.29) is 16.6 Å². The van der Waals surface area contributed by atoms with Crippen molar-refractivity contribution in [2.45, 2.75) is 65.3 Å². The number of ketones is 1. The normalized spacial score (nSPS) is 14.4. The van der Waals surface area contributed by atoms with Crippen LogP contribution < -0.4 is 0 Å². The molecular weight excluding hydrogens is 438 g/mol. The molecule has 0 bridgehead atoms. The molecule has 1 aliphatic carbocycles. The van der Waals surface area contributed by atoms with Crippen molar-refractivity contribution in [3.05, 3.63) is 130 Å². The third-order valence-electron chi connectivity index (χ3n) is 6.73. The number of hydrogen-bond acceptors (Lipinski definition) is 2. The van der Waals surface area contributed by atoms with E-state index in [1.807, 2.05) is 36.4 Å². The van der Waals surface area contributed by atoms with Crippen molar-refractivity contribution in [3.8, 4) is 0 Å². The highest BCUT2D eigenvalue weighted by Crippen LogP contribution is 2.30. The van der Waals surface area contributed by atoms with Gasteiger partial charge in [0.2, 0.25) is 0 Å². The highest BCUT2D eigenvalue weighted by molar-refractivity contribution is 6.25. The molecule has 0 unspecified atom stereocenters. The van der Waals surface area contributed by atoms with Crippen LogP contribution in [0, 0.1) is 0 Å².